The van der Waals surface area contributed by atoms with Crippen LogP contribution in [0.1, 0.15) is 6.42 Å². The Morgan fingerprint density at radius 3 is 3.25 bits per heavy atom. The van der Waals surface area contributed by atoms with Gasteiger partial charge in [-0.05, 0) is 13.0 Å². The third kappa shape index (κ3) is 1.71. The second kappa shape index (κ2) is 3.49. The summed E-state index contributed by atoms with van der Waals surface area (Å²) in [5.41, 5.74) is 0. The van der Waals surface area contributed by atoms with Crippen molar-refractivity contribution in [3.05, 3.63) is 18.6 Å². The van der Waals surface area contributed by atoms with Crippen LogP contribution in [0.2, 0.25) is 0 Å². The van der Waals surface area contributed by atoms with Crippen LogP contribution in [-0.2, 0) is 0 Å². The van der Waals surface area contributed by atoms with E-state index in [0.29, 0.717) is 5.88 Å². The van der Waals surface area contributed by atoms with Gasteiger partial charge >= 0.3 is 0 Å². The van der Waals surface area contributed by atoms with Crippen LogP contribution >= 0.6 is 0 Å². The third-order valence-corrected chi connectivity index (χ3v) is 1.86. The second-order valence-corrected chi connectivity index (χ2v) is 2.78. The van der Waals surface area contributed by atoms with Crippen molar-refractivity contribution in [3.8, 4) is 5.88 Å². The van der Waals surface area contributed by atoms with Crippen molar-refractivity contribution in [2.45, 2.75) is 12.5 Å². The number of rotatable bonds is 2. The zero-order chi connectivity index (χ0) is 8.23. The Bertz CT molecular complexity index is 233. The highest BCUT2D eigenvalue weighted by molar-refractivity contribution is 5.05. The Hall–Kier alpha value is -1.16. The van der Waals surface area contributed by atoms with E-state index in [1.54, 1.807) is 12.3 Å². The topological polar surface area (TPSA) is 47.0 Å². The summed E-state index contributed by atoms with van der Waals surface area (Å²) in [5.74, 6) is 0.665. The van der Waals surface area contributed by atoms with Gasteiger partial charge in [0, 0.05) is 18.8 Å². The summed E-state index contributed by atoms with van der Waals surface area (Å²) in [6.45, 7) is 1.96. The van der Waals surface area contributed by atoms with Crippen LogP contribution in [0.15, 0.2) is 18.6 Å². The first kappa shape index (κ1) is 7.49. The highest BCUT2D eigenvalue weighted by Gasteiger charge is 2.15. The SMILES string of the molecule is c1cc(O[C@@H]2CCNC2)ncn1. The van der Waals surface area contributed by atoms with Crippen LogP contribution in [0.4, 0.5) is 0 Å². The molecule has 0 spiro atoms. The summed E-state index contributed by atoms with van der Waals surface area (Å²) >= 11 is 0. The lowest BCUT2D eigenvalue weighted by atomic mass is 10.3. The lowest BCUT2D eigenvalue weighted by Gasteiger charge is -2.09. The van der Waals surface area contributed by atoms with E-state index in [4.69, 9.17) is 4.74 Å². The number of nitrogens with one attached hydrogen (secondary N) is 1. The Balaban J connectivity index is 1.94. The molecule has 4 nitrogen and oxygen atoms in total. The summed E-state index contributed by atoms with van der Waals surface area (Å²) in [5, 5.41) is 3.22. The fourth-order valence-electron chi connectivity index (χ4n) is 1.25. The van der Waals surface area contributed by atoms with Gasteiger partial charge in [0.25, 0.3) is 0 Å². The molecule has 12 heavy (non-hydrogen) atoms. The van der Waals surface area contributed by atoms with Gasteiger partial charge in [-0.2, -0.15) is 0 Å². The van der Waals surface area contributed by atoms with E-state index >= 15 is 0 Å². The fourth-order valence-corrected chi connectivity index (χ4v) is 1.25. The first-order chi connectivity index (χ1) is 5.95. The highest BCUT2D eigenvalue weighted by atomic mass is 16.5. The molecular formula is C8H11N3O. The molecule has 1 saturated heterocycles. The molecule has 0 amide bonds. The van der Waals surface area contributed by atoms with E-state index in [9.17, 15) is 0 Å². The molecule has 0 bridgehead atoms. The minimum Gasteiger partial charge on any atom is -0.473 e. The molecule has 64 valence electrons. The molecule has 1 aromatic rings. The zero-order valence-corrected chi connectivity index (χ0v) is 6.73. The van der Waals surface area contributed by atoms with Crippen molar-refractivity contribution >= 4 is 0 Å². The Kier molecular flexibility index (Phi) is 2.18. The standard InChI is InChI=1S/C8H11N3O/c1-3-9-5-7(1)12-8-2-4-10-6-11-8/h2,4,6-7,9H,1,3,5H2/t7-/m1/s1. The van der Waals surface area contributed by atoms with Gasteiger partial charge in [-0.1, -0.05) is 0 Å². The summed E-state index contributed by atoms with van der Waals surface area (Å²) in [6.07, 6.45) is 4.52. The Morgan fingerprint density at radius 2 is 2.58 bits per heavy atom. The largest absolute Gasteiger partial charge is 0.473 e. The minimum absolute atomic E-state index is 0.278. The average molecular weight is 165 g/mol. The van der Waals surface area contributed by atoms with Gasteiger partial charge in [-0.15, -0.1) is 0 Å². The molecule has 2 rings (SSSR count). The Labute approximate surface area is 71.0 Å². The maximum Gasteiger partial charge on any atom is 0.216 e. The monoisotopic (exact) mass is 165 g/mol. The van der Waals surface area contributed by atoms with Gasteiger partial charge in [0.05, 0.1) is 0 Å². The van der Waals surface area contributed by atoms with Crippen LogP contribution in [0, 0.1) is 0 Å². The van der Waals surface area contributed by atoms with Crippen LogP contribution in [0.25, 0.3) is 0 Å². The number of aromatic nitrogens is 2. The number of hydrogen-bond acceptors (Lipinski definition) is 4. The van der Waals surface area contributed by atoms with Gasteiger partial charge in [-0.3, -0.25) is 0 Å². The Morgan fingerprint density at radius 1 is 1.58 bits per heavy atom. The maximum atomic E-state index is 5.56. The molecule has 1 N–H and O–H groups in total. The molecule has 0 radical (unpaired) electrons. The molecule has 4 heteroatoms. The first-order valence-corrected chi connectivity index (χ1v) is 4.08. The summed E-state index contributed by atoms with van der Waals surface area (Å²) in [4.78, 5) is 7.79. The van der Waals surface area contributed by atoms with Gasteiger partial charge in [0.15, 0.2) is 0 Å². The molecule has 1 fully saturated rings. The predicted octanol–water partition coefficient (Wildman–Crippen LogP) is 0.217. The third-order valence-electron chi connectivity index (χ3n) is 1.86. The number of nitrogens with zero attached hydrogens (tertiary/aromatic N) is 2. The van der Waals surface area contributed by atoms with Gasteiger partial charge in [-0.25, -0.2) is 9.97 Å². The lowest BCUT2D eigenvalue weighted by Crippen LogP contribution is -2.19. The molecule has 0 aliphatic carbocycles. The predicted molar refractivity (Wildman–Crippen MR) is 43.9 cm³/mol. The molecular weight excluding hydrogens is 154 g/mol. The van der Waals surface area contributed by atoms with Crippen molar-refractivity contribution in [1.82, 2.24) is 15.3 Å². The van der Waals surface area contributed by atoms with E-state index in [0.717, 1.165) is 19.5 Å². The second-order valence-electron chi connectivity index (χ2n) is 2.78. The van der Waals surface area contributed by atoms with Crippen molar-refractivity contribution in [1.29, 1.82) is 0 Å². The first-order valence-electron chi connectivity index (χ1n) is 4.08. The normalized spacial score (nSPS) is 22.5. The molecule has 0 unspecified atom stereocenters. The van der Waals surface area contributed by atoms with E-state index in [1.807, 2.05) is 0 Å². The maximum absolute atomic E-state index is 5.56. The quantitative estimate of drug-likeness (QED) is 0.681. The van der Waals surface area contributed by atoms with Crippen LogP contribution in [-0.4, -0.2) is 29.2 Å². The lowest BCUT2D eigenvalue weighted by molar-refractivity contribution is 0.213. The zero-order valence-electron chi connectivity index (χ0n) is 6.73. The number of hydrogen-bond donors (Lipinski definition) is 1. The van der Waals surface area contributed by atoms with Gasteiger partial charge < -0.3 is 10.1 Å². The van der Waals surface area contributed by atoms with Crippen LogP contribution < -0.4 is 10.1 Å². The summed E-state index contributed by atoms with van der Waals surface area (Å²) < 4.78 is 5.56. The fraction of sp³-hybridized carbons (Fsp3) is 0.500. The minimum atomic E-state index is 0.278. The molecule has 1 atom stereocenters. The van der Waals surface area contributed by atoms with Crippen molar-refractivity contribution in [2.24, 2.45) is 0 Å². The molecule has 2 heterocycles. The van der Waals surface area contributed by atoms with Crippen molar-refractivity contribution in [2.75, 3.05) is 13.1 Å². The molecule has 0 aromatic carbocycles. The van der Waals surface area contributed by atoms with Crippen LogP contribution in [0.3, 0.4) is 0 Å². The van der Waals surface area contributed by atoms with Crippen LogP contribution in [0.5, 0.6) is 5.88 Å². The molecule has 1 aliphatic heterocycles. The average Bonchev–Trinajstić information content (AvgIpc) is 2.59. The van der Waals surface area contributed by atoms with E-state index in [2.05, 4.69) is 15.3 Å². The molecule has 1 aliphatic rings. The molecule has 0 saturated carbocycles. The van der Waals surface area contributed by atoms with Crippen molar-refractivity contribution < 1.29 is 4.74 Å². The smallest absolute Gasteiger partial charge is 0.216 e. The summed E-state index contributed by atoms with van der Waals surface area (Å²) in [6, 6.07) is 1.78. The highest BCUT2D eigenvalue weighted by Crippen LogP contribution is 2.09. The van der Waals surface area contributed by atoms with Crippen molar-refractivity contribution in [3.63, 3.8) is 0 Å². The van der Waals surface area contributed by atoms with E-state index < -0.39 is 0 Å². The molecule has 1 aromatic heterocycles. The van der Waals surface area contributed by atoms with E-state index in [-0.39, 0.29) is 6.10 Å². The number of ether oxygens (including phenoxy) is 1. The van der Waals surface area contributed by atoms with E-state index in [1.165, 1.54) is 6.33 Å². The summed E-state index contributed by atoms with van der Waals surface area (Å²) in [7, 11) is 0. The van der Waals surface area contributed by atoms with Gasteiger partial charge in [0.2, 0.25) is 5.88 Å². The van der Waals surface area contributed by atoms with Gasteiger partial charge in [0.1, 0.15) is 12.4 Å².